The Morgan fingerprint density at radius 3 is 2.38 bits per heavy atom. The summed E-state index contributed by atoms with van der Waals surface area (Å²) in [5.41, 5.74) is 2.20. The Hall–Kier alpha value is -3.42. The monoisotopic (exact) mass is 400 g/mol. The molecule has 154 valence electrons. The minimum Gasteiger partial charge on any atom is -0.465 e. The molecule has 0 aliphatic rings. The first-order chi connectivity index (χ1) is 13.7. The number of ether oxygens (including phenoxy) is 2. The van der Waals surface area contributed by atoms with Crippen molar-refractivity contribution in [2.75, 3.05) is 13.7 Å². The van der Waals surface area contributed by atoms with E-state index < -0.39 is 23.8 Å². The van der Waals surface area contributed by atoms with Crippen molar-refractivity contribution in [2.45, 2.75) is 33.3 Å². The average molecular weight is 400 g/mol. The van der Waals surface area contributed by atoms with E-state index in [1.54, 1.807) is 13.8 Å². The van der Waals surface area contributed by atoms with Crippen LogP contribution in [0.2, 0.25) is 0 Å². The number of aromatic amines is 1. The van der Waals surface area contributed by atoms with E-state index in [-0.39, 0.29) is 30.1 Å². The molecule has 0 aliphatic heterocycles. The maximum absolute atomic E-state index is 12.6. The fourth-order valence-corrected chi connectivity index (χ4v) is 2.91. The molecule has 1 atom stereocenters. The third-order valence-electron chi connectivity index (χ3n) is 4.39. The standard InChI is InChI=1S/C21H24N2O6/c1-12-18(21(27)28-4)13(2)23-19(12)20(26)14(3)29-17(25)11-22-16(24)10-15-8-6-5-7-9-15/h5-9,14,23H,10-11H2,1-4H3,(H,22,24)/t14-/m0/s1. The molecular weight excluding hydrogens is 376 g/mol. The van der Waals surface area contributed by atoms with E-state index in [0.717, 1.165) is 5.56 Å². The van der Waals surface area contributed by atoms with Gasteiger partial charge in [-0.05, 0) is 31.9 Å². The van der Waals surface area contributed by atoms with Crippen LogP contribution in [0.25, 0.3) is 0 Å². The molecule has 0 radical (unpaired) electrons. The number of hydrogen-bond donors (Lipinski definition) is 2. The summed E-state index contributed by atoms with van der Waals surface area (Å²) in [5.74, 6) is -2.10. The van der Waals surface area contributed by atoms with Gasteiger partial charge in [0.05, 0.1) is 24.8 Å². The number of aromatic nitrogens is 1. The van der Waals surface area contributed by atoms with E-state index in [2.05, 4.69) is 10.3 Å². The largest absolute Gasteiger partial charge is 0.465 e. The van der Waals surface area contributed by atoms with Crippen molar-refractivity contribution in [1.82, 2.24) is 10.3 Å². The number of Topliss-reactive ketones (excluding diaryl/α,β-unsaturated/α-hetero) is 1. The Labute approximate surface area is 168 Å². The average Bonchev–Trinajstić information content (AvgIpc) is 3.00. The lowest BCUT2D eigenvalue weighted by Crippen LogP contribution is -2.35. The molecule has 1 aromatic heterocycles. The molecule has 29 heavy (non-hydrogen) atoms. The lowest BCUT2D eigenvalue weighted by atomic mass is 10.1. The first-order valence-corrected chi connectivity index (χ1v) is 9.06. The Morgan fingerprint density at radius 1 is 1.10 bits per heavy atom. The molecule has 2 aromatic rings. The fraction of sp³-hybridized carbons (Fsp3) is 0.333. The van der Waals surface area contributed by atoms with Crippen molar-refractivity contribution in [2.24, 2.45) is 0 Å². The highest BCUT2D eigenvalue weighted by atomic mass is 16.5. The molecular formula is C21H24N2O6. The van der Waals surface area contributed by atoms with Crippen LogP contribution in [0.5, 0.6) is 0 Å². The van der Waals surface area contributed by atoms with Gasteiger partial charge in [-0.3, -0.25) is 14.4 Å². The van der Waals surface area contributed by atoms with Crippen LogP contribution < -0.4 is 5.32 Å². The zero-order valence-corrected chi connectivity index (χ0v) is 16.8. The van der Waals surface area contributed by atoms with E-state index in [1.807, 2.05) is 30.3 Å². The first-order valence-electron chi connectivity index (χ1n) is 9.06. The summed E-state index contributed by atoms with van der Waals surface area (Å²) in [6, 6.07) is 9.10. The molecule has 1 heterocycles. The van der Waals surface area contributed by atoms with E-state index in [0.29, 0.717) is 11.3 Å². The van der Waals surface area contributed by atoms with Crippen LogP contribution in [0, 0.1) is 13.8 Å². The van der Waals surface area contributed by atoms with Gasteiger partial charge in [-0.15, -0.1) is 0 Å². The van der Waals surface area contributed by atoms with Gasteiger partial charge in [-0.2, -0.15) is 0 Å². The second-order valence-corrected chi connectivity index (χ2v) is 6.55. The second kappa shape index (κ2) is 9.68. The Kier molecular flexibility index (Phi) is 7.30. The Bertz CT molecular complexity index is 917. The molecule has 2 rings (SSSR count). The van der Waals surface area contributed by atoms with Crippen LogP contribution in [0.4, 0.5) is 0 Å². The number of amides is 1. The molecule has 0 unspecified atom stereocenters. The number of benzene rings is 1. The van der Waals surface area contributed by atoms with Gasteiger partial charge in [0.15, 0.2) is 6.10 Å². The molecule has 1 aromatic carbocycles. The predicted octanol–water partition coefficient (Wildman–Crippen LogP) is 1.89. The van der Waals surface area contributed by atoms with E-state index in [4.69, 9.17) is 9.47 Å². The van der Waals surface area contributed by atoms with Crippen molar-refractivity contribution in [3.8, 4) is 0 Å². The maximum Gasteiger partial charge on any atom is 0.339 e. The van der Waals surface area contributed by atoms with Gasteiger partial charge in [0.2, 0.25) is 11.7 Å². The molecule has 1 amide bonds. The Balaban J connectivity index is 1.91. The number of nitrogens with one attached hydrogen (secondary N) is 2. The number of hydrogen-bond acceptors (Lipinski definition) is 6. The highest BCUT2D eigenvalue weighted by Crippen LogP contribution is 2.20. The number of aryl methyl sites for hydroxylation is 1. The molecule has 0 saturated heterocycles. The van der Waals surface area contributed by atoms with Crippen LogP contribution >= 0.6 is 0 Å². The summed E-state index contributed by atoms with van der Waals surface area (Å²) in [4.78, 5) is 51.2. The summed E-state index contributed by atoms with van der Waals surface area (Å²) in [6.45, 7) is 4.34. The molecule has 0 saturated carbocycles. The van der Waals surface area contributed by atoms with Gasteiger partial charge in [0.25, 0.3) is 0 Å². The van der Waals surface area contributed by atoms with Crippen molar-refractivity contribution < 1.29 is 28.7 Å². The van der Waals surface area contributed by atoms with Gasteiger partial charge < -0.3 is 19.8 Å². The summed E-state index contributed by atoms with van der Waals surface area (Å²) >= 11 is 0. The van der Waals surface area contributed by atoms with Crippen LogP contribution in [-0.4, -0.2) is 48.4 Å². The van der Waals surface area contributed by atoms with Crippen molar-refractivity contribution in [3.63, 3.8) is 0 Å². The zero-order valence-electron chi connectivity index (χ0n) is 16.8. The number of methoxy groups -OCH3 is 1. The molecule has 0 aliphatic carbocycles. The topological polar surface area (TPSA) is 115 Å². The minimum atomic E-state index is -1.09. The molecule has 8 nitrogen and oxygen atoms in total. The van der Waals surface area contributed by atoms with Gasteiger partial charge in [-0.25, -0.2) is 4.79 Å². The number of H-pyrrole nitrogens is 1. The quantitative estimate of drug-likeness (QED) is 0.517. The SMILES string of the molecule is COC(=O)c1c(C)[nH]c(C(=O)[C@H](C)OC(=O)CNC(=O)Cc2ccccc2)c1C. The summed E-state index contributed by atoms with van der Waals surface area (Å²) in [7, 11) is 1.26. The van der Waals surface area contributed by atoms with Crippen LogP contribution in [0.15, 0.2) is 30.3 Å². The number of rotatable bonds is 8. The smallest absolute Gasteiger partial charge is 0.339 e. The molecule has 0 spiro atoms. The van der Waals surface area contributed by atoms with E-state index in [1.165, 1.54) is 14.0 Å². The zero-order chi connectivity index (χ0) is 21.6. The van der Waals surface area contributed by atoms with Gasteiger partial charge in [0, 0.05) is 5.69 Å². The van der Waals surface area contributed by atoms with Crippen LogP contribution in [-0.2, 0) is 25.5 Å². The summed E-state index contributed by atoms with van der Waals surface area (Å²) in [6.07, 6.45) is -0.949. The summed E-state index contributed by atoms with van der Waals surface area (Å²) < 4.78 is 9.84. The van der Waals surface area contributed by atoms with Crippen LogP contribution in [0.3, 0.4) is 0 Å². The number of carbonyl (C=O) groups excluding carboxylic acids is 4. The van der Waals surface area contributed by atoms with Gasteiger partial charge in [-0.1, -0.05) is 30.3 Å². The lowest BCUT2D eigenvalue weighted by Gasteiger charge is -2.13. The minimum absolute atomic E-state index is 0.139. The van der Waals surface area contributed by atoms with E-state index >= 15 is 0 Å². The number of carbonyl (C=O) groups is 4. The number of esters is 2. The molecule has 8 heteroatoms. The van der Waals surface area contributed by atoms with Gasteiger partial charge in [0.1, 0.15) is 6.54 Å². The maximum atomic E-state index is 12.6. The third kappa shape index (κ3) is 5.54. The highest BCUT2D eigenvalue weighted by Gasteiger charge is 2.27. The molecule has 0 bridgehead atoms. The Morgan fingerprint density at radius 2 is 1.76 bits per heavy atom. The first kappa shape index (κ1) is 21.9. The summed E-state index contributed by atoms with van der Waals surface area (Å²) in [5, 5.41) is 2.47. The number of ketones is 1. The third-order valence-corrected chi connectivity index (χ3v) is 4.39. The predicted molar refractivity (Wildman–Crippen MR) is 105 cm³/mol. The van der Waals surface area contributed by atoms with Crippen molar-refractivity contribution in [1.29, 1.82) is 0 Å². The fourth-order valence-electron chi connectivity index (χ4n) is 2.91. The molecule has 2 N–H and O–H groups in total. The van der Waals surface area contributed by atoms with E-state index in [9.17, 15) is 19.2 Å². The van der Waals surface area contributed by atoms with Gasteiger partial charge >= 0.3 is 11.9 Å². The lowest BCUT2D eigenvalue weighted by molar-refractivity contribution is -0.146. The second-order valence-electron chi connectivity index (χ2n) is 6.55. The van der Waals surface area contributed by atoms with Crippen LogP contribution in [0.1, 0.15) is 44.6 Å². The van der Waals surface area contributed by atoms with Crippen molar-refractivity contribution in [3.05, 3.63) is 58.4 Å². The molecule has 0 fully saturated rings. The highest BCUT2D eigenvalue weighted by molar-refractivity contribution is 6.04. The van der Waals surface area contributed by atoms with Crippen molar-refractivity contribution >= 4 is 23.6 Å². The normalized spacial score (nSPS) is 11.4.